The molecule has 0 radical (unpaired) electrons. The summed E-state index contributed by atoms with van der Waals surface area (Å²) < 4.78 is 0. The van der Waals surface area contributed by atoms with E-state index >= 15 is 0 Å². The summed E-state index contributed by atoms with van der Waals surface area (Å²) in [6.07, 6.45) is 7.23. The van der Waals surface area contributed by atoms with Crippen LogP contribution >= 0.6 is 11.8 Å². The molecule has 72 valence electrons. The quantitative estimate of drug-likeness (QED) is 0.642. The first-order chi connectivity index (χ1) is 6.11. The fraction of sp³-hybridized carbons (Fsp3) is 0.636. The number of aliphatic hydroxyl groups is 1. The van der Waals surface area contributed by atoms with Gasteiger partial charge in [0.15, 0.2) is 0 Å². The maximum absolute atomic E-state index is 10.1. The highest BCUT2D eigenvalue weighted by Crippen LogP contribution is 2.46. The van der Waals surface area contributed by atoms with Crippen LogP contribution in [-0.4, -0.2) is 17.0 Å². The lowest BCUT2D eigenvalue weighted by Gasteiger charge is -2.42. The number of rotatable bonds is 0. The third-order valence-electron chi connectivity index (χ3n) is 2.94. The van der Waals surface area contributed by atoms with Crippen molar-refractivity contribution in [2.45, 2.75) is 26.4 Å². The van der Waals surface area contributed by atoms with Gasteiger partial charge in [0, 0.05) is 17.1 Å². The summed E-state index contributed by atoms with van der Waals surface area (Å²) >= 11 is 1.91. The number of hydrogen-bond acceptors (Lipinski definition) is 2. The molecule has 1 aliphatic carbocycles. The SMILES string of the molecule is CC1(C)CSC2=CC=CCC2C1O. The molecule has 2 heteroatoms. The Morgan fingerprint density at radius 3 is 3.08 bits per heavy atom. The topological polar surface area (TPSA) is 20.2 Å². The van der Waals surface area contributed by atoms with Crippen molar-refractivity contribution in [3.63, 3.8) is 0 Å². The Balaban J connectivity index is 2.23. The highest BCUT2D eigenvalue weighted by atomic mass is 32.2. The van der Waals surface area contributed by atoms with Gasteiger partial charge in [0.2, 0.25) is 0 Å². The van der Waals surface area contributed by atoms with Gasteiger partial charge in [0.1, 0.15) is 0 Å². The Morgan fingerprint density at radius 1 is 1.54 bits per heavy atom. The van der Waals surface area contributed by atoms with E-state index in [4.69, 9.17) is 0 Å². The molecule has 13 heavy (non-hydrogen) atoms. The Bertz CT molecular complexity index is 265. The largest absolute Gasteiger partial charge is 0.392 e. The van der Waals surface area contributed by atoms with Gasteiger partial charge < -0.3 is 5.11 Å². The van der Waals surface area contributed by atoms with Crippen LogP contribution in [0.5, 0.6) is 0 Å². The average Bonchev–Trinajstić information content (AvgIpc) is 2.13. The molecule has 2 rings (SSSR count). The molecular weight excluding hydrogens is 180 g/mol. The Morgan fingerprint density at radius 2 is 2.31 bits per heavy atom. The molecule has 2 atom stereocenters. The van der Waals surface area contributed by atoms with Crippen molar-refractivity contribution in [2.24, 2.45) is 11.3 Å². The standard InChI is InChI=1S/C11H16OS/c1-11(2)7-13-9-6-4-3-5-8(9)10(11)12/h3-4,6,8,10,12H,5,7H2,1-2H3. The molecule has 1 fully saturated rings. The van der Waals surface area contributed by atoms with Gasteiger partial charge in [-0.05, 0) is 11.3 Å². The summed E-state index contributed by atoms with van der Waals surface area (Å²) in [6.45, 7) is 4.31. The van der Waals surface area contributed by atoms with Gasteiger partial charge in [-0.2, -0.15) is 0 Å². The molecular formula is C11H16OS. The van der Waals surface area contributed by atoms with Gasteiger partial charge in [-0.25, -0.2) is 0 Å². The summed E-state index contributed by atoms with van der Waals surface area (Å²) in [7, 11) is 0. The van der Waals surface area contributed by atoms with Crippen molar-refractivity contribution in [1.29, 1.82) is 0 Å². The first-order valence-corrected chi connectivity index (χ1v) is 5.77. The molecule has 1 heterocycles. The van der Waals surface area contributed by atoms with Crippen LogP contribution in [-0.2, 0) is 0 Å². The maximum atomic E-state index is 10.1. The van der Waals surface area contributed by atoms with Crippen molar-refractivity contribution in [3.8, 4) is 0 Å². The van der Waals surface area contributed by atoms with Crippen LogP contribution in [0.15, 0.2) is 23.1 Å². The molecule has 2 unspecified atom stereocenters. The van der Waals surface area contributed by atoms with E-state index in [1.54, 1.807) is 0 Å². The first kappa shape index (κ1) is 9.35. The molecule has 1 saturated heterocycles. The van der Waals surface area contributed by atoms with Crippen LogP contribution in [0.3, 0.4) is 0 Å². The van der Waals surface area contributed by atoms with Crippen molar-refractivity contribution in [1.82, 2.24) is 0 Å². The second-order valence-corrected chi connectivity index (χ2v) is 5.61. The molecule has 0 aromatic rings. The Kier molecular flexibility index (Phi) is 2.28. The zero-order valence-electron chi connectivity index (χ0n) is 8.16. The molecule has 0 aromatic carbocycles. The number of fused-ring (bicyclic) bond motifs is 1. The van der Waals surface area contributed by atoms with E-state index in [1.165, 1.54) is 4.91 Å². The van der Waals surface area contributed by atoms with Crippen LogP contribution < -0.4 is 0 Å². The van der Waals surface area contributed by atoms with E-state index in [9.17, 15) is 5.11 Å². The molecule has 2 aliphatic rings. The Hall–Kier alpha value is -0.210. The van der Waals surface area contributed by atoms with Gasteiger partial charge in [0.05, 0.1) is 6.10 Å². The van der Waals surface area contributed by atoms with Crippen LogP contribution in [0.2, 0.25) is 0 Å². The van der Waals surface area contributed by atoms with Gasteiger partial charge in [-0.1, -0.05) is 32.1 Å². The lowest BCUT2D eigenvalue weighted by atomic mass is 9.78. The number of thioether (sulfide) groups is 1. The first-order valence-electron chi connectivity index (χ1n) is 4.79. The molecule has 1 aliphatic heterocycles. The number of hydrogen-bond donors (Lipinski definition) is 1. The molecule has 1 N–H and O–H groups in total. The lowest BCUT2D eigenvalue weighted by Crippen LogP contribution is -2.42. The predicted molar refractivity (Wildman–Crippen MR) is 57.6 cm³/mol. The molecule has 0 aromatic heterocycles. The maximum Gasteiger partial charge on any atom is 0.0675 e. The summed E-state index contributed by atoms with van der Waals surface area (Å²) in [5.74, 6) is 1.39. The van der Waals surface area contributed by atoms with E-state index in [1.807, 2.05) is 11.8 Å². The molecule has 0 amide bonds. The van der Waals surface area contributed by atoms with Crippen LogP contribution in [0.4, 0.5) is 0 Å². The fourth-order valence-electron chi connectivity index (χ4n) is 1.97. The van der Waals surface area contributed by atoms with Crippen molar-refractivity contribution >= 4 is 11.8 Å². The predicted octanol–water partition coefficient (Wildman–Crippen LogP) is 2.58. The van der Waals surface area contributed by atoms with Gasteiger partial charge >= 0.3 is 0 Å². The summed E-state index contributed by atoms with van der Waals surface area (Å²) in [4.78, 5) is 1.37. The smallest absolute Gasteiger partial charge is 0.0675 e. The van der Waals surface area contributed by atoms with Gasteiger partial charge in [-0.15, -0.1) is 11.8 Å². The minimum Gasteiger partial charge on any atom is -0.392 e. The van der Waals surface area contributed by atoms with Gasteiger partial charge in [-0.3, -0.25) is 0 Å². The molecule has 1 nitrogen and oxygen atoms in total. The van der Waals surface area contributed by atoms with Gasteiger partial charge in [0.25, 0.3) is 0 Å². The van der Waals surface area contributed by atoms with E-state index in [2.05, 4.69) is 32.1 Å². The summed E-state index contributed by atoms with van der Waals surface area (Å²) in [5.41, 5.74) is 0.0673. The number of allylic oxidation sites excluding steroid dienone is 3. The molecule has 0 bridgehead atoms. The number of aliphatic hydroxyl groups excluding tert-OH is 1. The third kappa shape index (κ3) is 1.57. The van der Waals surface area contributed by atoms with E-state index in [-0.39, 0.29) is 11.5 Å². The Labute approximate surface area is 83.9 Å². The lowest BCUT2D eigenvalue weighted by molar-refractivity contribution is 0.0264. The molecule has 0 spiro atoms. The zero-order chi connectivity index (χ0) is 9.47. The van der Waals surface area contributed by atoms with Crippen LogP contribution in [0.1, 0.15) is 20.3 Å². The fourth-order valence-corrected chi connectivity index (χ4v) is 3.29. The second-order valence-electron chi connectivity index (χ2n) is 4.56. The minimum atomic E-state index is -0.176. The highest BCUT2D eigenvalue weighted by Gasteiger charge is 2.40. The van der Waals surface area contributed by atoms with Crippen LogP contribution in [0, 0.1) is 11.3 Å². The van der Waals surface area contributed by atoms with Crippen molar-refractivity contribution in [3.05, 3.63) is 23.1 Å². The monoisotopic (exact) mass is 196 g/mol. The van der Waals surface area contributed by atoms with E-state index in [0.717, 1.165) is 12.2 Å². The van der Waals surface area contributed by atoms with Crippen molar-refractivity contribution < 1.29 is 5.11 Å². The summed E-state index contributed by atoms with van der Waals surface area (Å²) in [5, 5.41) is 10.1. The van der Waals surface area contributed by atoms with Crippen LogP contribution in [0.25, 0.3) is 0 Å². The third-order valence-corrected chi connectivity index (χ3v) is 4.61. The molecule has 0 saturated carbocycles. The minimum absolute atomic E-state index is 0.0673. The highest BCUT2D eigenvalue weighted by molar-refractivity contribution is 8.03. The van der Waals surface area contributed by atoms with Crippen molar-refractivity contribution in [2.75, 3.05) is 5.75 Å². The second kappa shape index (κ2) is 3.18. The normalized spacial score (nSPS) is 36.7. The van der Waals surface area contributed by atoms with E-state index in [0.29, 0.717) is 5.92 Å². The average molecular weight is 196 g/mol. The van der Waals surface area contributed by atoms with E-state index < -0.39 is 0 Å². The summed E-state index contributed by atoms with van der Waals surface area (Å²) in [6, 6.07) is 0. The zero-order valence-corrected chi connectivity index (χ0v) is 8.97.